The summed E-state index contributed by atoms with van der Waals surface area (Å²) in [7, 11) is 0. The molecule has 1 heteroatoms. The highest BCUT2D eigenvalue weighted by Crippen LogP contribution is 2.50. The number of thioether (sulfide) groups is 1. The maximum Gasteiger partial charge on any atom is 0.0248 e. The van der Waals surface area contributed by atoms with Crippen LogP contribution >= 0.6 is 11.8 Å². The van der Waals surface area contributed by atoms with Gasteiger partial charge < -0.3 is 0 Å². The van der Waals surface area contributed by atoms with E-state index in [9.17, 15) is 0 Å². The van der Waals surface area contributed by atoms with Crippen molar-refractivity contribution >= 4 is 11.8 Å². The van der Waals surface area contributed by atoms with Crippen LogP contribution in [0.3, 0.4) is 0 Å². The van der Waals surface area contributed by atoms with Gasteiger partial charge in [-0.15, -0.1) is 0 Å². The van der Waals surface area contributed by atoms with Gasteiger partial charge in [-0.2, -0.15) is 11.8 Å². The van der Waals surface area contributed by atoms with Crippen LogP contribution in [0.25, 0.3) is 0 Å². The number of unbranched alkanes of at least 4 members (excludes halogenated alkanes) is 3. The summed E-state index contributed by atoms with van der Waals surface area (Å²) in [5, 5.41) is 0. The molecule has 11 heavy (non-hydrogen) atoms. The van der Waals surface area contributed by atoms with Crippen molar-refractivity contribution in [1.29, 1.82) is 0 Å². The van der Waals surface area contributed by atoms with E-state index in [0.29, 0.717) is 0 Å². The smallest absolute Gasteiger partial charge is 0.0248 e. The third kappa shape index (κ3) is 3.06. The highest BCUT2D eigenvalue weighted by atomic mass is 32.2. The second kappa shape index (κ2) is 4.39. The quantitative estimate of drug-likeness (QED) is 0.433. The van der Waals surface area contributed by atoms with Gasteiger partial charge in [-0.25, -0.2) is 0 Å². The average Bonchev–Trinajstić information content (AvgIpc) is 2.80. The molecule has 0 aromatic carbocycles. The van der Waals surface area contributed by atoms with Crippen molar-refractivity contribution < 1.29 is 0 Å². The Morgan fingerprint density at radius 1 is 1.18 bits per heavy atom. The Morgan fingerprint density at radius 3 is 2.36 bits per heavy atom. The van der Waals surface area contributed by atoms with Crippen molar-refractivity contribution in [2.45, 2.75) is 57.1 Å². The summed E-state index contributed by atoms with van der Waals surface area (Å²) in [6.07, 6.45) is 8.60. The van der Waals surface area contributed by atoms with E-state index in [4.69, 9.17) is 0 Å². The number of rotatable bonds is 6. The Hall–Kier alpha value is 0.350. The Morgan fingerprint density at radius 2 is 1.91 bits per heavy atom. The molecule has 1 aliphatic heterocycles. The topological polar surface area (TPSA) is 0 Å². The van der Waals surface area contributed by atoms with Gasteiger partial charge in [-0.3, -0.25) is 0 Å². The third-order valence-electron chi connectivity index (χ3n) is 2.68. The minimum Gasteiger partial charge on any atom is -0.153 e. The van der Waals surface area contributed by atoms with Crippen molar-refractivity contribution in [3.05, 3.63) is 0 Å². The molecule has 0 radical (unpaired) electrons. The second-order valence-electron chi connectivity index (χ2n) is 3.64. The van der Waals surface area contributed by atoms with Gasteiger partial charge in [0.25, 0.3) is 0 Å². The maximum atomic E-state index is 2.33. The summed E-state index contributed by atoms with van der Waals surface area (Å²) < 4.78 is 0.758. The average molecular weight is 172 g/mol. The lowest BCUT2D eigenvalue weighted by Crippen LogP contribution is -2.05. The van der Waals surface area contributed by atoms with Gasteiger partial charge in [0.05, 0.1) is 0 Å². The first-order valence-corrected chi connectivity index (χ1v) is 5.95. The predicted octanol–water partition coefficient (Wildman–Crippen LogP) is 3.85. The highest BCUT2D eigenvalue weighted by molar-refractivity contribution is 8.07. The van der Waals surface area contributed by atoms with Crippen LogP contribution in [0.4, 0.5) is 0 Å². The van der Waals surface area contributed by atoms with Crippen molar-refractivity contribution in [3.8, 4) is 0 Å². The van der Waals surface area contributed by atoms with Gasteiger partial charge in [0.1, 0.15) is 0 Å². The van der Waals surface area contributed by atoms with Gasteiger partial charge >= 0.3 is 0 Å². The molecule has 1 atom stereocenters. The minimum absolute atomic E-state index is 0.758. The summed E-state index contributed by atoms with van der Waals surface area (Å²) in [6.45, 7) is 4.61. The normalized spacial score (nSPS) is 28.9. The van der Waals surface area contributed by atoms with Crippen LogP contribution in [0, 0.1) is 0 Å². The fourth-order valence-electron chi connectivity index (χ4n) is 1.50. The second-order valence-corrected chi connectivity index (χ2v) is 5.08. The number of hydrogen-bond acceptors (Lipinski definition) is 1. The van der Waals surface area contributed by atoms with Crippen LogP contribution in [0.1, 0.15) is 52.4 Å². The fourth-order valence-corrected chi connectivity index (χ4v) is 2.55. The maximum absolute atomic E-state index is 2.33. The van der Waals surface area contributed by atoms with Gasteiger partial charge in [-0.05, 0) is 12.8 Å². The van der Waals surface area contributed by atoms with Crippen LogP contribution in [-0.2, 0) is 0 Å². The molecule has 0 nitrogen and oxygen atoms in total. The molecular formula is C10H20S. The largest absolute Gasteiger partial charge is 0.153 e. The zero-order valence-electron chi connectivity index (χ0n) is 7.86. The predicted molar refractivity (Wildman–Crippen MR) is 54.2 cm³/mol. The lowest BCUT2D eigenvalue weighted by atomic mass is 10.0. The summed E-state index contributed by atoms with van der Waals surface area (Å²) >= 11 is 2.17. The van der Waals surface area contributed by atoms with Crippen LogP contribution < -0.4 is 0 Å². The first kappa shape index (κ1) is 9.44. The Balaban J connectivity index is 1.94. The van der Waals surface area contributed by atoms with Gasteiger partial charge in [0.15, 0.2) is 0 Å². The van der Waals surface area contributed by atoms with E-state index in [2.05, 4.69) is 25.6 Å². The van der Waals surface area contributed by atoms with Gasteiger partial charge in [-0.1, -0.05) is 39.5 Å². The molecule has 66 valence electrons. The van der Waals surface area contributed by atoms with Crippen molar-refractivity contribution in [2.75, 3.05) is 5.75 Å². The Bertz CT molecular complexity index is 105. The molecule has 0 aromatic heterocycles. The number of hydrogen-bond donors (Lipinski definition) is 0. The zero-order chi connectivity index (χ0) is 8.16. The van der Waals surface area contributed by atoms with Crippen LogP contribution in [0.15, 0.2) is 0 Å². The van der Waals surface area contributed by atoms with Crippen molar-refractivity contribution in [2.24, 2.45) is 0 Å². The molecule has 0 saturated carbocycles. The molecule has 1 rings (SSSR count). The summed E-state index contributed by atoms with van der Waals surface area (Å²) in [6, 6.07) is 0. The van der Waals surface area contributed by atoms with Crippen molar-refractivity contribution in [3.63, 3.8) is 0 Å². The highest BCUT2D eigenvalue weighted by Gasteiger charge is 2.40. The first-order chi connectivity index (χ1) is 5.33. The molecule has 0 bridgehead atoms. The zero-order valence-corrected chi connectivity index (χ0v) is 8.67. The van der Waals surface area contributed by atoms with E-state index in [1.165, 1.54) is 44.3 Å². The molecule has 0 N–H and O–H groups in total. The summed E-state index contributed by atoms with van der Waals surface area (Å²) in [5.41, 5.74) is 0. The molecule has 0 aromatic rings. The minimum atomic E-state index is 0.758. The van der Waals surface area contributed by atoms with E-state index in [-0.39, 0.29) is 0 Å². The van der Waals surface area contributed by atoms with E-state index in [1.54, 1.807) is 0 Å². The Kier molecular flexibility index (Phi) is 3.77. The van der Waals surface area contributed by atoms with E-state index < -0.39 is 0 Å². The Labute approximate surface area is 75.1 Å². The first-order valence-electron chi connectivity index (χ1n) is 4.97. The van der Waals surface area contributed by atoms with Crippen LogP contribution in [-0.4, -0.2) is 10.5 Å². The monoisotopic (exact) mass is 172 g/mol. The molecule has 0 aliphatic carbocycles. The standard InChI is InChI=1S/C10H20S/c1-3-5-6-7-8-10(4-2)9-11-10/h3-9H2,1-2H3. The van der Waals surface area contributed by atoms with Crippen LogP contribution in [0.2, 0.25) is 0 Å². The molecule has 1 heterocycles. The van der Waals surface area contributed by atoms with E-state index in [1.807, 2.05) is 0 Å². The molecule has 0 amide bonds. The van der Waals surface area contributed by atoms with Gasteiger partial charge in [0.2, 0.25) is 0 Å². The van der Waals surface area contributed by atoms with E-state index in [0.717, 1.165) is 4.75 Å². The molecule has 1 saturated heterocycles. The lowest BCUT2D eigenvalue weighted by Gasteiger charge is -2.08. The van der Waals surface area contributed by atoms with Crippen LogP contribution in [0.5, 0.6) is 0 Å². The molecule has 1 fully saturated rings. The SMILES string of the molecule is CCCCCCC1(CC)CS1. The summed E-state index contributed by atoms with van der Waals surface area (Å²) in [5.74, 6) is 1.44. The lowest BCUT2D eigenvalue weighted by molar-refractivity contribution is 0.556. The fraction of sp³-hybridized carbons (Fsp3) is 1.00. The molecule has 0 spiro atoms. The van der Waals surface area contributed by atoms with E-state index >= 15 is 0 Å². The molecular weight excluding hydrogens is 152 g/mol. The molecule has 1 aliphatic rings. The third-order valence-corrected chi connectivity index (χ3v) is 4.28. The molecule has 1 unspecified atom stereocenters. The van der Waals surface area contributed by atoms with Crippen molar-refractivity contribution in [1.82, 2.24) is 0 Å². The van der Waals surface area contributed by atoms with Gasteiger partial charge in [0, 0.05) is 10.5 Å². The summed E-state index contributed by atoms with van der Waals surface area (Å²) in [4.78, 5) is 0.